The fourth-order valence-corrected chi connectivity index (χ4v) is 2.31. The molecule has 0 N–H and O–H groups in total. The van der Waals surface area contributed by atoms with Crippen LogP contribution >= 0.6 is 0 Å². The van der Waals surface area contributed by atoms with E-state index in [9.17, 15) is 9.59 Å². The van der Waals surface area contributed by atoms with Crippen molar-refractivity contribution >= 4 is 29.0 Å². The summed E-state index contributed by atoms with van der Waals surface area (Å²) < 4.78 is 4.98. The lowest BCUT2D eigenvalue weighted by Gasteiger charge is -2.11. The zero-order chi connectivity index (χ0) is 18.5. The van der Waals surface area contributed by atoms with E-state index in [-0.39, 0.29) is 5.91 Å². The molecule has 2 aromatic carbocycles. The van der Waals surface area contributed by atoms with Crippen LogP contribution in [0.25, 0.3) is 0 Å². The molecule has 0 fully saturated rings. The van der Waals surface area contributed by atoms with Crippen LogP contribution in [0.1, 0.15) is 6.92 Å². The highest BCUT2D eigenvalue weighted by Crippen LogP contribution is 2.24. The van der Waals surface area contributed by atoms with Gasteiger partial charge in [-0.25, -0.2) is 4.79 Å². The van der Waals surface area contributed by atoms with Gasteiger partial charge in [0.05, 0.1) is 17.1 Å². The molecule has 1 aliphatic heterocycles. The van der Waals surface area contributed by atoms with E-state index in [0.717, 1.165) is 6.08 Å². The highest BCUT2D eigenvalue weighted by atomic mass is 16.5. The van der Waals surface area contributed by atoms with Gasteiger partial charge >= 0.3 is 5.97 Å². The lowest BCUT2D eigenvalue weighted by Crippen LogP contribution is -2.29. The van der Waals surface area contributed by atoms with Gasteiger partial charge < -0.3 is 4.74 Å². The third-order valence-electron chi connectivity index (χ3n) is 3.61. The minimum atomic E-state index is -0.756. The Morgan fingerprint density at radius 3 is 2.54 bits per heavy atom. The number of ether oxygens (including phenoxy) is 1. The van der Waals surface area contributed by atoms with Crippen molar-refractivity contribution in [2.24, 2.45) is 15.3 Å². The van der Waals surface area contributed by atoms with Crippen LogP contribution in [0, 0.1) is 0 Å². The molecular weight excluding hydrogens is 332 g/mol. The molecule has 7 heteroatoms. The van der Waals surface area contributed by atoms with Gasteiger partial charge in [-0.15, -0.1) is 0 Å². The first kappa shape index (κ1) is 17.2. The van der Waals surface area contributed by atoms with Crippen LogP contribution in [0.2, 0.25) is 0 Å². The summed E-state index contributed by atoms with van der Waals surface area (Å²) in [6.45, 7) is 5.07. The van der Waals surface area contributed by atoms with E-state index in [2.05, 4.69) is 21.9 Å². The molecule has 3 rings (SSSR count). The van der Waals surface area contributed by atoms with Crippen molar-refractivity contribution in [3.8, 4) is 5.75 Å². The molecule has 0 radical (unpaired) electrons. The Labute approximate surface area is 150 Å². The first-order chi connectivity index (χ1) is 12.6. The second kappa shape index (κ2) is 7.52. The molecule has 0 spiro atoms. The average molecular weight is 348 g/mol. The zero-order valence-electron chi connectivity index (χ0n) is 14.1. The maximum atomic E-state index is 12.5. The number of carbonyl (C=O) groups is 2. The standard InChI is InChI=1S/C19H16N4O3/c1-3-17(24)26-16-11-9-14(10-12-16)20-21-18-13(2)22-23(19(18)25)15-7-5-4-6-8-15/h3-12,18H,1H2,2H3. The molecule has 130 valence electrons. The predicted molar refractivity (Wildman–Crippen MR) is 97.6 cm³/mol. The number of amides is 1. The number of hydrogen-bond acceptors (Lipinski definition) is 6. The summed E-state index contributed by atoms with van der Waals surface area (Å²) in [6, 6.07) is 14.8. The number of benzene rings is 2. The number of para-hydroxylation sites is 1. The van der Waals surface area contributed by atoms with Crippen LogP contribution < -0.4 is 9.75 Å². The number of hydrogen-bond donors (Lipinski definition) is 0. The Bertz CT molecular complexity index is 889. The number of esters is 1. The lowest BCUT2D eigenvalue weighted by molar-refractivity contribution is -0.129. The van der Waals surface area contributed by atoms with Gasteiger partial charge in [0, 0.05) is 6.08 Å². The van der Waals surface area contributed by atoms with Crippen LogP contribution in [-0.2, 0) is 9.59 Å². The number of nitrogens with zero attached hydrogens (tertiary/aromatic N) is 4. The van der Waals surface area contributed by atoms with Crippen LogP contribution in [0.3, 0.4) is 0 Å². The van der Waals surface area contributed by atoms with Crippen LogP contribution in [0.5, 0.6) is 5.75 Å². The Kier molecular flexibility index (Phi) is 4.98. The molecule has 1 unspecified atom stereocenters. The van der Waals surface area contributed by atoms with E-state index < -0.39 is 12.0 Å². The highest BCUT2D eigenvalue weighted by Gasteiger charge is 2.34. The average Bonchev–Trinajstić information content (AvgIpc) is 2.95. The third-order valence-corrected chi connectivity index (χ3v) is 3.61. The Morgan fingerprint density at radius 1 is 1.19 bits per heavy atom. The molecule has 2 aromatic rings. The SMILES string of the molecule is C=CC(=O)Oc1ccc(N=NC2C(=O)N(c3ccccc3)N=C2C)cc1. The monoisotopic (exact) mass is 348 g/mol. The number of azo groups is 1. The third kappa shape index (κ3) is 3.72. The van der Waals surface area contributed by atoms with Crippen molar-refractivity contribution in [3.05, 3.63) is 67.3 Å². The van der Waals surface area contributed by atoms with E-state index >= 15 is 0 Å². The fraction of sp³-hybridized carbons (Fsp3) is 0.105. The summed E-state index contributed by atoms with van der Waals surface area (Å²) in [5, 5.41) is 13.8. The molecule has 0 saturated heterocycles. The molecule has 1 heterocycles. The van der Waals surface area contributed by atoms with Gasteiger partial charge in [0.25, 0.3) is 5.91 Å². The molecule has 7 nitrogen and oxygen atoms in total. The second-order valence-corrected chi connectivity index (χ2v) is 5.46. The number of anilines is 1. The Hall–Kier alpha value is -3.61. The van der Waals surface area contributed by atoms with Crippen molar-refractivity contribution in [2.45, 2.75) is 13.0 Å². The summed E-state index contributed by atoms with van der Waals surface area (Å²) in [5.74, 6) is -0.420. The van der Waals surface area contributed by atoms with Crippen molar-refractivity contribution in [3.63, 3.8) is 0 Å². The van der Waals surface area contributed by atoms with Crippen molar-refractivity contribution < 1.29 is 14.3 Å². The predicted octanol–water partition coefficient (Wildman–Crippen LogP) is 3.65. The van der Waals surface area contributed by atoms with Crippen LogP contribution in [0.4, 0.5) is 11.4 Å². The van der Waals surface area contributed by atoms with E-state index in [0.29, 0.717) is 22.8 Å². The summed E-state index contributed by atoms with van der Waals surface area (Å²) >= 11 is 0. The topological polar surface area (TPSA) is 83.7 Å². The Morgan fingerprint density at radius 2 is 1.88 bits per heavy atom. The number of hydrazone groups is 1. The number of rotatable bonds is 5. The summed E-state index contributed by atoms with van der Waals surface area (Å²) in [4.78, 5) is 23.7. The molecule has 1 aliphatic rings. The van der Waals surface area contributed by atoms with Gasteiger partial charge in [-0.1, -0.05) is 24.8 Å². The van der Waals surface area contributed by atoms with E-state index in [1.165, 1.54) is 5.01 Å². The fourth-order valence-electron chi connectivity index (χ4n) is 2.31. The molecular formula is C19H16N4O3. The molecule has 0 saturated carbocycles. The van der Waals surface area contributed by atoms with E-state index in [4.69, 9.17) is 4.74 Å². The Balaban J connectivity index is 1.71. The minimum Gasteiger partial charge on any atom is -0.423 e. The maximum absolute atomic E-state index is 12.5. The van der Waals surface area contributed by atoms with Gasteiger partial charge in [-0.05, 0) is 43.3 Å². The molecule has 0 aliphatic carbocycles. The van der Waals surface area contributed by atoms with Crippen molar-refractivity contribution in [1.29, 1.82) is 0 Å². The highest BCUT2D eigenvalue weighted by molar-refractivity contribution is 6.18. The lowest BCUT2D eigenvalue weighted by atomic mass is 10.2. The summed E-state index contributed by atoms with van der Waals surface area (Å²) in [6.07, 6.45) is 1.08. The minimum absolute atomic E-state index is 0.256. The molecule has 26 heavy (non-hydrogen) atoms. The maximum Gasteiger partial charge on any atom is 0.335 e. The van der Waals surface area contributed by atoms with Gasteiger partial charge in [0.15, 0.2) is 6.04 Å². The largest absolute Gasteiger partial charge is 0.423 e. The van der Waals surface area contributed by atoms with Gasteiger partial charge in [0.1, 0.15) is 5.75 Å². The molecule has 0 aromatic heterocycles. The first-order valence-electron chi connectivity index (χ1n) is 7.88. The van der Waals surface area contributed by atoms with Gasteiger partial charge in [-0.2, -0.15) is 20.3 Å². The second-order valence-electron chi connectivity index (χ2n) is 5.46. The van der Waals surface area contributed by atoms with E-state index in [1.807, 2.05) is 18.2 Å². The zero-order valence-corrected chi connectivity index (χ0v) is 14.1. The normalized spacial score (nSPS) is 16.7. The van der Waals surface area contributed by atoms with Crippen LogP contribution in [-0.4, -0.2) is 23.6 Å². The van der Waals surface area contributed by atoms with Crippen LogP contribution in [0.15, 0.2) is 82.6 Å². The van der Waals surface area contributed by atoms with Crippen molar-refractivity contribution in [2.75, 3.05) is 5.01 Å². The molecule has 1 atom stereocenters. The summed E-state index contributed by atoms with van der Waals surface area (Å²) in [5.41, 5.74) is 1.78. The van der Waals surface area contributed by atoms with Crippen molar-refractivity contribution in [1.82, 2.24) is 0 Å². The quantitative estimate of drug-likeness (QED) is 0.358. The smallest absolute Gasteiger partial charge is 0.335 e. The number of carbonyl (C=O) groups excluding carboxylic acids is 2. The molecule has 1 amide bonds. The first-order valence-corrected chi connectivity index (χ1v) is 7.88. The van der Waals surface area contributed by atoms with E-state index in [1.54, 1.807) is 43.3 Å². The molecule has 0 bridgehead atoms. The van der Waals surface area contributed by atoms with Gasteiger partial charge in [0.2, 0.25) is 0 Å². The summed E-state index contributed by atoms with van der Waals surface area (Å²) in [7, 11) is 0. The van der Waals surface area contributed by atoms with Gasteiger partial charge in [-0.3, -0.25) is 4.79 Å².